The van der Waals surface area contributed by atoms with Crippen molar-refractivity contribution in [2.75, 3.05) is 6.54 Å². The molecule has 1 unspecified atom stereocenters. The zero-order valence-corrected chi connectivity index (χ0v) is 13.9. The molecule has 0 heterocycles. The summed E-state index contributed by atoms with van der Waals surface area (Å²) < 4.78 is 5.60. The molecule has 5 heteroatoms. The fourth-order valence-electron chi connectivity index (χ4n) is 2.11. The molecule has 0 fully saturated rings. The monoisotopic (exact) mass is 333 g/mol. The number of ether oxygens (including phenoxy) is 1. The van der Waals surface area contributed by atoms with Crippen molar-refractivity contribution in [3.8, 4) is 5.75 Å². The van der Waals surface area contributed by atoms with E-state index in [0.29, 0.717) is 21.9 Å². The number of hydrogen-bond donors (Lipinski definition) is 2. The van der Waals surface area contributed by atoms with Crippen LogP contribution >= 0.6 is 11.6 Å². The maximum absolute atomic E-state index is 12.0. The van der Waals surface area contributed by atoms with Crippen LogP contribution < -0.4 is 10.1 Å². The molecular weight excluding hydrogens is 314 g/mol. The normalized spacial score (nSPS) is 12.0. The van der Waals surface area contributed by atoms with Gasteiger partial charge in [0.25, 0.3) is 5.91 Å². The van der Waals surface area contributed by atoms with E-state index in [-0.39, 0.29) is 18.6 Å². The first-order valence-electron chi connectivity index (χ1n) is 7.44. The highest BCUT2D eigenvalue weighted by molar-refractivity contribution is 6.30. The minimum atomic E-state index is -0.811. The molecule has 0 saturated carbocycles. The third-order valence-corrected chi connectivity index (χ3v) is 3.39. The lowest BCUT2D eigenvalue weighted by molar-refractivity contribution is 0.0916. The second kappa shape index (κ2) is 7.99. The fraction of sp³-hybridized carbons (Fsp3) is 0.278. The first kappa shape index (κ1) is 17.3. The van der Waals surface area contributed by atoms with E-state index in [9.17, 15) is 9.90 Å². The van der Waals surface area contributed by atoms with Gasteiger partial charge in [-0.1, -0.05) is 29.8 Å². The summed E-state index contributed by atoms with van der Waals surface area (Å²) in [5.74, 6) is 0.416. The van der Waals surface area contributed by atoms with Crippen molar-refractivity contribution < 1.29 is 14.6 Å². The predicted octanol–water partition coefficient (Wildman–Crippen LogP) is 3.59. The van der Waals surface area contributed by atoms with Gasteiger partial charge in [-0.3, -0.25) is 4.79 Å². The van der Waals surface area contributed by atoms with Gasteiger partial charge in [-0.2, -0.15) is 0 Å². The smallest absolute Gasteiger partial charge is 0.251 e. The molecule has 1 atom stereocenters. The summed E-state index contributed by atoms with van der Waals surface area (Å²) in [4.78, 5) is 12.0. The van der Waals surface area contributed by atoms with Crippen molar-refractivity contribution in [1.82, 2.24) is 5.32 Å². The second-order valence-corrected chi connectivity index (χ2v) is 5.91. The molecular formula is C18H20ClNO3. The molecule has 0 aliphatic carbocycles. The number of carbonyl (C=O) groups excluding carboxylic acids is 1. The Bertz CT molecular complexity index is 673. The predicted molar refractivity (Wildman–Crippen MR) is 91.0 cm³/mol. The highest BCUT2D eigenvalue weighted by Crippen LogP contribution is 2.20. The highest BCUT2D eigenvalue weighted by atomic mass is 35.5. The van der Waals surface area contributed by atoms with Gasteiger partial charge in [-0.05, 0) is 49.7 Å². The largest absolute Gasteiger partial charge is 0.491 e. The van der Waals surface area contributed by atoms with E-state index in [2.05, 4.69) is 5.32 Å². The van der Waals surface area contributed by atoms with Gasteiger partial charge in [0.2, 0.25) is 0 Å². The topological polar surface area (TPSA) is 58.6 Å². The first-order chi connectivity index (χ1) is 11.0. The number of rotatable bonds is 6. The Labute approximate surface area is 141 Å². The van der Waals surface area contributed by atoms with Gasteiger partial charge >= 0.3 is 0 Å². The summed E-state index contributed by atoms with van der Waals surface area (Å²) in [5, 5.41) is 13.4. The number of amides is 1. The fourth-order valence-corrected chi connectivity index (χ4v) is 2.30. The molecule has 0 radical (unpaired) electrons. The molecule has 0 spiro atoms. The number of aliphatic hydroxyl groups excluding tert-OH is 1. The molecule has 1 amide bonds. The lowest BCUT2D eigenvalue weighted by Crippen LogP contribution is -2.28. The van der Waals surface area contributed by atoms with E-state index in [1.807, 2.05) is 26.0 Å². The van der Waals surface area contributed by atoms with Gasteiger partial charge in [0.05, 0.1) is 12.2 Å². The van der Waals surface area contributed by atoms with Crippen molar-refractivity contribution in [1.29, 1.82) is 0 Å². The zero-order valence-electron chi connectivity index (χ0n) is 13.1. The summed E-state index contributed by atoms with van der Waals surface area (Å²) in [6.07, 6.45) is -0.751. The third kappa shape index (κ3) is 5.27. The van der Waals surface area contributed by atoms with E-state index in [4.69, 9.17) is 16.3 Å². The third-order valence-electron chi connectivity index (χ3n) is 3.16. The Morgan fingerprint density at radius 1 is 1.22 bits per heavy atom. The molecule has 0 aliphatic rings. The number of aliphatic hydroxyl groups is 1. The van der Waals surface area contributed by atoms with Gasteiger partial charge in [0.1, 0.15) is 5.75 Å². The van der Waals surface area contributed by atoms with Crippen molar-refractivity contribution in [3.05, 3.63) is 64.7 Å². The average Bonchev–Trinajstić information content (AvgIpc) is 2.52. The highest BCUT2D eigenvalue weighted by Gasteiger charge is 2.12. The molecule has 0 aromatic heterocycles. The SMILES string of the molecule is CC(C)Oc1cccc(C(O)CNC(=O)c2cccc(Cl)c2)c1. The summed E-state index contributed by atoms with van der Waals surface area (Å²) in [7, 11) is 0. The molecule has 2 rings (SSSR count). The molecule has 4 nitrogen and oxygen atoms in total. The zero-order chi connectivity index (χ0) is 16.8. The molecule has 122 valence electrons. The van der Waals surface area contributed by atoms with Gasteiger partial charge in [-0.25, -0.2) is 0 Å². The maximum atomic E-state index is 12.0. The van der Waals surface area contributed by atoms with Crippen LogP contribution in [0.5, 0.6) is 5.75 Å². The summed E-state index contributed by atoms with van der Waals surface area (Å²) in [5.41, 5.74) is 1.15. The minimum Gasteiger partial charge on any atom is -0.491 e. The van der Waals surface area contributed by atoms with Gasteiger partial charge in [0.15, 0.2) is 0 Å². The van der Waals surface area contributed by atoms with Crippen LogP contribution in [-0.4, -0.2) is 23.7 Å². The molecule has 23 heavy (non-hydrogen) atoms. The van der Waals surface area contributed by atoms with Gasteiger partial charge in [0, 0.05) is 17.1 Å². The minimum absolute atomic E-state index is 0.0601. The molecule has 2 aromatic carbocycles. The van der Waals surface area contributed by atoms with Crippen molar-refractivity contribution in [3.63, 3.8) is 0 Å². The van der Waals surface area contributed by atoms with Crippen molar-refractivity contribution >= 4 is 17.5 Å². The van der Waals surface area contributed by atoms with Gasteiger partial charge in [-0.15, -0.1) is 0 Å². The Morgan fingerprint density at radius 2 is 1.96 bits per heavy atom. The maximum Gasteiger partial charge on any atom is 0.251 e. The molecule has 2 aromatic rings. The molecule has 0 aliphatic heterocycles. The van der Waals surface area contributed by atoms with E-state index < -0.39 is 6.10 Å². The number of benzene rings is 2. The Kier molecular flexibility index (Phi) is 6.02. The molecule has 0 saturated heterocycles. The van der Waals surface area contributed by atoms with Crippen LogP contribution in [0.25, 0.3) is 0 Å². The van der Waals surface area contributed by atoms with Crippen LogP contribution in [0, 0.1) is 0 Å². The standard InChI is InChI=1S/C18H20ClNO3/c1-12(2)23-16-8-4-5-13(10-16)17(21)11-20-18(22)14-6-3-7-15(19)9-14/h3-10,12,17,21H,11H2,1-2H3,(H,20,22). The van der Waals surface area contributed by atoms with Crippen LogP contribution in [0.4, 0.5) is 0 Å². The number of hydrogen-bond acceptors (Lipinski definition) is 3. The summed E-state index contributed by atoms with van der Waals surface area (Å²) >= 11 is 5.86. The van der Waals surface area contributed by atoms with Crippen LogP contribution in [-0.2, 0) is 0 Å². The van der Waals surface area contributed by atoms with E-state index >= 15 is 0 Å². The number of halogens is 1. The van der Waals surface area contributed by atoms with E-state index in [1.165, 1.54) is 0 Å². The number of carbonyl (C=O) groups is 1. The van der Waals surface area contributed by atoms with Crippen molar-refractivity contribution in [2.24, 2.45) is 0 Å². The van der Waals surface area contributed by atoms with Crippen LogP contribution in [0.2, 0.25) is 5.02 Å². The Morgan fingerprint density at radius 3 is 2.65 bits per heavy atom. The lowest BCUT2D eigenvalue weighted by Gasteiger charge is -2.15. The Hall–Kier alpha value is -2.04. The van der Waals surface area contributed by atoms with Crippen LogP contribution in [0.1, 0.15) is 35.9 Å². The van der Waals surface area contributed by atoms with Crippen LogP contribution in [0.15, 0.2) is 48.5 Å². The summed E-state index contributed by atoms with van der Waals surface area (Å²) in [6.45, 7) is 3.99. The second-order valence-electron chi connectivity index (χ2n) is 5.48. The quantitative estimate of drug-likeness (QED) is 0.849. The molecule has 2 N–H and O–H groups in total. The lowest BCUT2D eigenvalue weighted by atomic mass is 10.1. The average molecular weight is 334 g/mol. The van der Waals surface area contributed by atoms with Gasteiger partial charge < -0.3 is 15.2 Å². The van der Waals surface area contributed by atoms with Crippen LogP contribution in [0.3, 0.4) is 0 Å². The van der Waals surface area contributed by atoms with E-state index in [0.717, 1.165) is 0 Å². The molecule has 0 bridgehead atoms. The first-order valence-corrected chi connectivity index (χ1v) is 7.82. The Balaban J connectivity index is 1.96. The van der Waals surface area contributed by atoms with Crippen molar-refractivity contribution in [2.45, 2.75) is 26.1 Å². The summed E-state index contributed by atoms with van der Waals surface area (Å²) in [6, 6.07) is 13.9. The van der Waals surface area contributed by atoms with E-state index in [1.54, 1.807) is 36.4 Å². The number of nitrogens with one attached hydrogen (secondary N) is 1.